The molecular weight excluding hydrogens is 505 g/mol. The largest absolute Gasteiger partial charge is 0.477 e. The van der Waals surface area contributed by atoms with E-state index in [1.165, 1.54) is 18.2 Å². The second-order valence-corrected chi connectivity index (χ2v) is 10.1. The van der Waals surface area contributed by atoms with E-state index in [4.69, 9.17) is 0 Å². The maximum Gasteiger partial charge on any atom is 0.472 e. The molecule has 3 rings (SSSR count). The Kier molecular flexibility index (Phi) is 7.96. The zero-order valence-electron chi connectivity index (χ0n) is 18.4. The van der Waals surface area contributed by atoms with Crippen LogP contribution < -0.4 is 4.72 Å². The molecule has 2 aromatic carbocycles. The van der Waals surface area contributed by atoms with Gasteiger partial charge in [-0.25, -0.2) is 17.9 Å². The summed E-state index contributed by atoms with van der Waals surface area (Å²) in [7, 11) is -4.79. The number of aryl methyl sites for hydroxylation is 1. The second kappa shape index (κ2) is 10.6. The van der Waals surface area contributed by atoms with Crippen molar-refractivity contribution in [3.8, 4) is 11.1 Å². The summed E-state index contributed by atoms with van der Waals surface area (Å²) in [5, 5.41) is 9.51. The van der Waals surface area contributed by atoms with Crippen LogP contribution in [0.1, 0.15) is 46.3 Å². The van der Waals surface area contributed by atoms with E-state index in [1.807, 2.05) is 6.92 Å². The van der Waals surface area contributed by atoms with E-state index in [0.29, 0.717) is 24.0 Å². The van der Waals surface area contributed by atoms with Crippen molar-refractivity contribution in [2.24, 2.45) is 0 Å². The smallest absolute Gasteiger partial charge is 0.472 e. The number of carboxylic acids is 1. The number of hydrogen-bond acceptors (Lipinski definition) is 6. The number of carboxylic acid groups (broad SMARTS) is 1. The molecule has 1 aromatic heterocycles. The van der Waals surface area contributed by atoms with Gasteiger partial charge in [0.25, 0.3) is 10.0 Å². The predicted octanol–water partition coefficient (Wildman–Crippen LogP) is 4.81. The van der Waals surface area contributed by atoms with Crippen molar-refractivity contribution in [1.29, 1.82) is 0 Å². The van der Waals surface area contributed by atoms with Gasteiger partial charge in [-0.05, 0) is 41.6 Å². The van der Waals surface area contributed by atoms with Gasteiger partial charge in [0.2, 0.25) is 0 Å². The zero-order valence-corrected chi connectivity index (χ0v) is 20.1. The molecule has 0 aliphatic carbocycles. The molecule has 3 aromatic rings. The van der Waals surface area contributed by atoms with Crippen molar-refractivity contribution in [3.05, 3.63) is 70.2 Å². The highest BCUT2D eigenvalue weighted by molar-refractivity contribution is 7.90. The summed E-state index contributed by atoms with van der Waals surface area (Å²) in [6.07, 6.45) is -2.60. The predicted molar refractivity (Wildman–Crippen MR) is 124 cm³/mol. The minimum Gasteiger partial charge on any atom is -0.477 e. The minimum absolute atomic E-state index is 0.105. The molecule has 0 saturated carbocycles. The van der Waals surface area contributed by atoms with Gasteiger partial charge in [-0.2, -0.15) is 17.5 Å². The number of nitrogens with zero attached hydrogens (tertiary/aromatic N) is 1. The molecular formula is C23H21F3N2O5S2. The minimum atomic E-state index is -5.36. The molecule has 0 radical (unpaired) electrons. The van der Waals surface area contributed by atoms with Crippen LogP contribution >= 0.6 is 11.5 Å². The lowest BCUT2D eigenvalue weighted by Gasteiger charge is -2.13. The zero-order chi connectivity index (χ0) is 25.8. The molecule has 1 amide bonds. The fraction of sp³-hybridized carbons (Fsp3) is 0.261. The van der Waals surface area contributed by atoms with E-state index in [1.54, 1.807) is 24.3 Å². The van der Waals surface area contributed by atoms with Crippen molar-refractivity contribution in [3.63, 3.8) is 0 Å². The van der Waals surface area contributed by atoms with E-state index in [2.05, 4.69) is 4.37 Å². The van der Waals surface area contributed by atoms with Crippen LogP contribution in [0.3, 0.4) is 0 Å². The number of alkyl halides is 3. The number of aromatic nitrogens is 1. The summed E-state index contributed by atoms with van der Waals surface area (Å²) in [5.74, 6) is -3.64. The Bertz CT molecular complexity index is 1330. The molecule has 0 fully saturated rings. The SMILES string of the molecule is CCCCc1nsc(C(=O)O)c1Cc1ccc(-c2ccccc2S(=O)(=O)NC(=O)C(F)(F)F)cc1. The van der Waals surface area contributed by atoms with Crippen LogP contribution in [0.4, 0.5) is 13.2 Å². The van der Waals surface area contributed by atoms with Gasteiger partial charge in [-0.15, -0.1) is 0 Å². The number of halogens is 3. The van der Waals surface area contributed by atoms with Crippen molar-refractivity contribution >= 4 is 33.4 Å². The average molecular weight is 527 g/mol. The molecule has 186 valence electrons. The van der Waals surface area contributed by atoms with Crippen LogP contribution in [0.2, 0.25) is 0 Å². The third-order valence-electron chi connectivity index (χ3n) is 5.14. The molecule has 35 heavy (non-hydrogen) atoms. The van der Waals surface area contributed by atoms with Crippen LogP contribution in [0.15, 0.2) is 53.4 Å². The molecule has 0 aliphatic heterocycles. The van der Waals surface area contributed by atoms with Crippen LogP contribution in [0, 0.1) is 0 Å². The molecule has 0 atom stereocenters. The Morgan fingerprint density at radius 3 is 2.34 bits per heavy atom. The van der Waals surface area contributed by atoms with E-state index < -0.39 is 33.0 Å². The molecule has 7 nitrogen and oxygen atoms in total. The van der Waals surface area contributed by atoms with Gasteiger partial charge in [-0.1, -0.05) is 55.8 Å². The number of unbranched alkanes of at least 4 members (excludes halogenated alkanes) is 1. The second-order valence-electron chi connectivity index (χ2n) is 7.65. The molecule has 2 N–H and O–H groups in total. The summed E-state index contributed by atoms with van der Waals surface area (Å²) in [4.78, 5) is 22.5. The summed E-state index contributed by atoms with van der Waals surface area (Å²) in [5.41, 5.74) is 2.60. The van der Waals surface area contributed by atoms with Crippen molar-refractivity contribution < 1.29 is 36.3 Å². The quantitative estimate of drug-likeness (QED) is 0.414. The third kappa shape index (κ3) is 6.25. The Balaban J connectivity index is 1.91. The van der Waals surface area contributed by atoms with Crippen molar-refractivity contribution in [2.75, 3.05) is 0 Å². The average Bonchev–Trinajstić information content (AvgIpc) is 3.20. The lowest BCUT2D eigenvalue weighted by molar-refractivity contribution is -0.171. The Hall–Kier alpha value is -3.25. The number of sulfonamides is 1. The molecule has 0 bridgehead atoms. The molecule has 0 unspecified atom stereocenters. The van der Waals surface area contributed by atoms with E-state index in [0.717, 1.165) is 46.4 Å². The fourth-order valence-electron chi connectivity index (χ4n) is 3.41. The number of nitrogens with one attached hydrogen (secondary N) is 1. The van der Waals surface area contributed by atoms with Crippen molar-refractivity contribution in [1.82, 2.24) is 9.10 Å². The topological polar surface area (TPSA) is 113 Å². The monoisotopic (exact) mass is 526 g/mol. The summed E-state index contributed by atoms with van der Waals surface area (Å²) in [6, 6.07) is 11.9. The summed E-state index contributed by atoms with van der Waals surface area (Å²) < 4.78 is 68.1. The fourth-order valence-corrected chi connectivity index (χ4v) is 5.40. The number of aromatic carboxylic acids is 1. The highest BCUT2D eigenvalue weighted by Crippen LogP contribution is 2.30. The molecule has 1 heterocycles. The lowest BCUT2D eigenvalue weighted by Crippen LogP contribution is -2.40. The van der Waals surface area contributed by atoms with Gasteiger partial charge in [-0.3, -0.25) is 4.79 Å². The first-order valence-electron chi connectivity index (χ1n) is 10.5. The standard InChI is InChI=1S/C23H21F3N2O5S2/c1-2-3-7-18-17(20(21(29)30)34-27-18)13-14-9-11-15(12-10-14)16-6-4-5-8-19(16)35(32,33)28-22(31)23(24,25)26/h4-6,8-12H,2-3,7,13H2,1H3,(H,28,31)(H,29,30). The number of benzene rings is 2. The van der Waals surface area contributed by atoms with Crippen LogP contribution in [-0.4, -0.2) is 36.0 Å². The molecule has 0 spiro atoms. The highest BCUT2D eigenvalue weighted by atomic mass is 32.2. The van der Waals surface area contributed by atoms with Gasteiger partial charge in [0.15, 0.2) is 0 Å². The number of amides is 1. The summed E-state index contributed by atoms with van der Waals surface area (Å²) >= 11 is 0.934. The van der Waals surface area contributed by atoms with E-state index in [-0.39, 0.29) is 10.4 Å². The number of carbonyl (C=O) groups is 2. The van der Waals surface area contributed by atoms with Crippen molar-refractivity contribution in [2.45, 2.75) is 43.7 Å². The van der Waals surface area contributed by atoms with Gasteiger partial charge in [0.1, 0.15) is 4.88 Å². The maximum atomic E-state index is 12.6. The van der Waals surface area contributed by atoms with Gasteiger partial charge >= 0.3 is 18.1 Å². The number of carbonyl (C=O) groups excluding carboxylic acids is 1. The van der Waals surface area contributed by atoms with Gasteiger partial charge in [0, 0.05) is 17.5 Å². The van der Waals surface area contributed by atoms with Gasteiger partial charge in [0.05, 0.1) is 10.6 Å². The Morgan fingerprint density at radius 2 is 1.74 bits per heavy atom. The van der Waals surface area contributed by atoms with E-state index >= 15 is 0 Å². The first-order valence-corrected chi connectivity index (χ1v) is 12.7. The highest BCUT2D eigenvalue weighted by Gasteiger charge is 2.41. The molecule has 0 saturated heterocycles. The summed E-state index contributed by atoms with van der Waals surface area (Å²) in [6.45, 7) is 2.02. The normalized spacial score (nSPS) is 11.9. The lowest BCUT2D eigenvalue weighted by atomic mass is 9.98. The first-order chi connectivity index (χ1) is 16.4. The van der Waals surface area contributed by atoms with Crippen LogP contribution in [0.25, 0.3) is 11.1 Å². The number of hydrogen-bond donors (Lipinski definition) is 2. The van der Waals surface area contributed by atoms with Crippen LogP contribution in [0.5, 0.6) is 0 Å². The Morgan fingerprint density at radius 1 is 1.09 bits per heavy atom. The van der Waals surface area contributed by atoms with E-state index in [9.17, 15) is 36.3 Å². The third-order valence-corrected chi connectivity index (χ3v) is 7.44. The Labute approximate surface area is 203 Å². The van der Waals surface area contributed by atoms with Crippen LogP contribution in [-0.2, 0) is 27.7 Å². The maximum absolute atomic E-state index is 12.6. The molecule has 0 aliphatic rings. The number of rotatable bonds is 9. The molecule has 12 heteroatoms. The van der Waals surface area contributed by atoms with Gasteiger partial charge < -0.3 is 5.11 Å². The first kappa shape index (κ1) is 26.4.